The molecule has 1 fully saturated rings. The van der Waals surface area contributed by atoms with Crippen molar-refractivity contribution in [3.8, 4) is 0 Å². The van der Waals surface area contributed by atoms with Gasteiger partial charge in [0.05, 0.1) is 5.56 Å². The average Bonchev–Trinajstić information content (AvgIpc) is 3.12. The van der Waals surface area contributed by atoms with E-state index >= 15 is 0 Å². The van der Waals surface area contributed by atoms with Gasteiger partial charge in [0, 0.05) is 12.2 Å². The number of carbonyl (C=O) groups is 1. The average molecular weight is 233 g/mol. The molecule has 1 saturated carbocycles. The van der Waals surface area contributed by atoms with Crippen LogP contribution < -0.4 is 11.1 Å². The number of nitrogens with two attached hydrogens (primary N) is 1. The fourth-order valence-corrected chi connectivity index (χ4v) is 1.96. The number of amides is 1. The van der Waals surface area contributed by atoms with E-state index in [4.69, 9.17) is 5.73 Å². The van der Waals surface area contributed by atoms with Crippen molar-refractivity contribution < 1.29 is 4.79 Å². The standard InChI is InChI=1S/C13H19N3O/c1-2-10(8-9-5-6-9)16-13(17)11-4-3-7-15-12(11)14/h3-4,7,9-10H,2,5-6,8H2,1H3,(H2,14,15)(H,16,17). The van der Waals surface area contributed by atoms with Crippen LogP contribution in [-0.2, 0) is 0 Å². The summed E-state index contributed by atoms with van der Waals surface area (Å²) in [6.07, 6.45) is 6.25. The molecule has 1 aliphatic rings. The van der Waals surface area contributed by atoms with Crippen molar-refractivity contribution in [2.75, 3.05) is 5.73 Å². The summed E-state index contributed by atoms with van der Waals surface area (Å²) < 4.78 is 0. The van der Waals surface area contributed by atoms with Gasteiger partial charge in [0.15, 0.2) is 0 Å². The highest BCUT2D eigenvalue weighted by Gasteiger charge is 2.25. The molecule has 0 aliphatic heterocycles. The minimum Gasteiger partial charge on any atom is -0.383 e. The third-order valence-electron chi connectivity index (χ3n) is 3.23. The molecule has 0 aromatic carbocycles. The summed E-state index contributed by atoms with van der Waals surface area (Å²) in [5.41, 5.74) is 6.15. The molecular weight excluding hydrogens is 214 g/mol. The first-order chi connectivity index (χ1) is 8.20. The normalized spacial score (nSPS) is 16.5. The zero-order chi connectivity index (χ0) is 12.3. The van der Waals surface area contributed by atoms with Crippen molar-refractivity contribution >= 4 is 11.7 Å². The first kappa shape index (κ1) is 11.9. The molecule has 1 aromatic heterocycles. The van der Waals surface area contributed by atoms with E-state index < -0.39 is 0 Å². The highest BCUT2D eigenvalue weighted by atomic mass is 16.1. The van der Waals surface area contributed by atoms with Crippen LogP contribution in [0.3, 0.4) is 0 Å². The zero-order valence-corrected chi connectivity index (χ0v) is 10.1. The number of nitrogen functional groups attached to an aromatic ring is 1. The van der Waals surface area contributed by atoms with Gasteiger partial charge in [-0.25, -0.2) is 4.98 Å². The Bertz CT molecular complexity index is 401. The number of nitrogens with zero attached hydrogens (tertiary/aromatic N) is 1. The number of carbonyl (C=O) groups excluding carboxylic acids is 1. The first-order valence-corrected chi connectivity index (χ1v) is 6.22. The highest BCUT2D eigenvalue weighted by molar-refractivity contribution is 5.98. The van der Waals surface area contributed by atoms with Gasteiger partial charge in [-0.2, -0.15) is 0 Å². The predicted octanol–water partition coefficient (Wildman–Crippen LogP) is 1.97. The van der Waals surface area contributed by atoms with Crippen molar-refractivity contribution in [3.63, 3.8) is 0 Å². The van der Waals surface area contributed by atoms with Crippen LogP contribution in [0.1, 0.15) is 43.0 Å². The molecule has 0 spiro atoms. The van der Waals surface area contributed by atoms with Crippen LogP contribution in [0.2, 0.25) is 0 Å². The molecule has 4 heteroatoms. The minimum absolute atomic E-state index is 0.108. The van der Waals surface area contributed by atoms with E-state index in [0.717, 1.165) is 18.8 Å². The number of nitrogens with one attached hydrogen (secondary N) is 1. The molecule has 17 heavy (non-hydrogen) atoms. The number of rotatable bonds is 5. The maximum atomic E-state index is 12.0. The van der Waals surface area contributed by atoms with Gasteiger partial charge in [0.25, 0.3) is 5.91 Å². The topological polar surface area (TPSA) is 68.0 Å². The van der Waals surface area contributed by atoms with Crippen molar-refractivity contribution in [1.29, 1.82) is 0 Å². The van der Waals surface area contributed by atoms with E-state index in [1.807, 2.05) is 0 Å². The summed E-state index contributed by atoms with van der Waals surface area (Å²) in [5.74, 6) is 1.00. The van der Waals surface area contributed by atoms with Crippen molar-refractivity contribution in [3.05, 3.63) is 23.9 Å². The zero-order valence-electron chi connectivity index (χ0n) is 10.1. The lowest BCUT2D eigenvalue weighted by Gasteiger charge is -2.17. The third-order valence-corrected chi connectivity index (χ3v) is 3.23. The van der Waals surface area contributed by atoms with Crippen molar-refractivity contribution in [2.45, 2.75) is 38.6 Å². The van der Waals surface area contributed by atoms with Gasteiger partial charge in [-0.3, -0.25) is 4.79 Å². The van der Waals surface area contributed by atoms with Gasteiger partial charge in [0.1, 0.15) is 5.82 Å². The molecule has 3 N–H and O–H groups in total. The van der Waals surface area contributed by atoms with Gasteiger partial charge < -0.3 is 11.1 Å². The quantitative estimate of drug-likeness (QED) is 0.817. The summed E-state index contributed by atoms with van der Waals surface area (Å²) >= 11 is 0. The summed E-state index contributed by atoms with van der Waals surface area (Å²) in [6.45, 7) is 2.10. The van der Waals surface area contributed by atoms with Crippen LogP contribution in [0.15, 0.2) is 18.3 Å². The van der Waals surface area contributed by atoms with Gasteiger partial charge in [-0.05, 0) is 30.9 Å². The van der Waals surface area contributed by atoms with Crippen LogP contribution in [0.25, 0.3) is 0 Å². The molecule has 2 rings (SSSR count). The fourth-order valence-electron chi connectivity index (χ4n) is 1.96. The lowest BCUT2D eigenvalue weighted by molar-refractivity contribution is 0.0933. The monoisotopic (exact) mass is 233 g/mol. The molecule has 1 atom stereocenters. The Kier molecular flexibility index (Phi) is 3.61. The smallest absolute Gasteiger partial charge is 0.255 e. The second-order valence-corrected chi connectivity index (χ2v) is 4.69. The molecule has 0 bridgehead atoms. The number of aromatic nitrogens is 1. The van der Waals surface area contributed by atoms with Gasteiger partial charge in [-0.15, -0.1) is 0 Å². The summed E-state index contributed by atoms with van der Waals surface area (Å²) in [7, 11) is 0. The molecule has 1 aromatic rings. The van der Waals surface area contributed by atoms with Crippen molar-refractivity contribution in [2.24, 2.45) is 5.92 Å². The fraction of sp³-hybridized carbons (Fsp3) is 0.538. The molecular formula is C13H19N3O. The van der Waals surface area contributed by atoms with Crippen LogP contribution >= 0.6 is 0 Å². The van der Waals surface area contributed by atoms with E-state index in [9.17, 15) is 4.79 Å². The molecule has 1 amide bonds. The molecule has 92 valence electrons. The van der Waals surface area contributed by atoms with Crippen molar-refractivity contribution in [1.82, 2.24) is 10.3 Å². The molecule has 1 unspecified atom stereocenters. The van der Waals surface area contributed by atoms with Crippen LogP contribution in [0, 0.1) is 5.92 Å². The largest absolute Gasteiger partial charge is 0.383 e. The van der Waals surface area contributed by atoms with Crippen LogP contribution in [0.4, 0.5) is 5.82 Å². The molecule has 1 aliphatic carbocycles. The molecule has 0 radical (unpaired) electrons. The minimum atomic E-state index is -0.108. The Morgan fingerprint density at radius 1 is 1.65 bits per heavy atom. The number of pyridine rings is 1. The lowest BCUT2D eigenvalue weighted by Crippen LogP contribution is -2.35. The molecule has 0 saturated heterocycles. The Morgan fingerprint density at radius 2 is 2.41 bits per heavy atom. The summed E-state index contributed by atoms with van der Waals surface area (Å²) in [6, 6.07) is 3.70. The second-order valence-electron chi connectivity index (χ2n) is 4.69. The summed E-state index contributed by atoms with van der Waals surface area (Å²) in [4.78, 5) is 15.9. The Hall–Kier alpha value is -1.58. The van der Waals surface area contributed by atoms with Crippen LogP contribution in [0.5, 0.6) is 0 Å². The number of hydrogen-bond donors (Lipinski definition) is 2. The Morgan fingerprint density at radius 3 is 3.00 bits per heavy atom. The lowest BCUT2D eigenvalue weighted by atomic mass is 10.1. The first-order valence-electron chi connectivity index (χ1n) is 6.22. The van der Waals surface area contributed by atoms with Gasteiger partial charge in [-0.1, -0.05) is 19.8 Å². The second kappa shape index (κ2) is 5.17. The SMILES string of the molecule is CCC(CC1CC1)NC(=O)c1cccnc1N. The van der Waals surface area contributed by atoms with Gasteiger partial charge in [0.2, 0.25) is 0 Å². The summed E-state index contributed by atoms with van der Waals surface area (Å²) in [5, 5.41) is 3.04. The van der Waals surface area contributed by atoms with E-state index in [0.29, 0.717) is 11.4 Å². The maximum absolute atomic E-state index is 12.0. The van der Waals surface area contributed by atoms with Gasteiger partial charge >= 0.3 is 0 Å². The van der Waals surface area contributed by atoms with E-state index in [2.05, 4.69) is 17.2 Å². The van der Waals surface area contributed by atoms with E-state index in [1.165, 1.54) is 12.8 Å². The Balaban J connectivity index is 1.97. The number of hydrogen-bond acceptors (Lipinski definition) is 3. The van der Waals surface area contributed by atoms with E-state index in [1.54, 1.807) is 18.3 Å². The van der Waals surface area contributed by atoms with Crippen LogP contribution in [-0.4, -0.2) is 16.9 Å². The highest BCUT2D eigenvalue weighted by Crippen LogP contribution is 2.34. The Labute approximate surface area is 102 Å². The third kappa shape index (κ3) is 3.19. The number of anilines is 1. The van der Waals surface area contributed by atoms with E-state index in [-0.39, 0.29) is 11.9 Å². The molecule has 1 heterocycles. The maximum Gasteiger partial charge on any atom is 0.255 e. The predicted molar refractivity (Wildman–Crippen MR) is 67.5 cm³/mol. The molecule has 4 nitrogen and oxygen atoms in total.